The van der Waals surface area contributed by atoms with Crippen LogP contribution in [0.2, 0.25) is 0 Å². The zero-order chi connectivity index (χ0) is 16.6. The fourth-order valence-corrected chi connectivity index (χ4v) is 2.08. The van der Waals surface area contributed by atoms with Crippen LogP contribution in [0.4, 0.5) is 0 Å². The number of aliphatic carboxylic acids is 1. The quantitative estimate of drug-likeness (QED) is 0.220. The second-order valence-electron chi connectivity index (χ2n) is 5.55. The highest BCUT2D eigenvalue weighted by Crippen LogP contribution is 2.10. The van der Waals surface area contributed by atoms with Crippen LogP contribution < -0.4 is 0 Å². The Labute approximate surface area is 133 Å². The van der Waals surface area contributed by atoms with E-state index in [1.807, 2.05) is 0 Å². The first-order valence-electron chi connectivity index (χ1n) is 8.34. The molecule has 0 saturated heterocycles. The lowest BCUT2D eigenvalue weighted by atomic mass is 10.1. The number of ketones is 1. The molecule has 0 aliphatic rings. The number of aliphatic hydroxyl groups excluding tert-OH is 1. The van der Waals surface area contributed by atoms with E-state index >= 15 is 0 Å². The molecule has 0 radical (unpaired) electrons. The summed E-state index contributed by atoms with van der Waals surface area (Å²) >= 11 is 0. The van der Waals surface area contributed by atoms with E-state index in [0.717, 1.165) is 44.6 Å². The molecule has 126 valence electrons. The molecule has 0 rings (SSSR count). The van der Waals surface area contributed by atoms with Crippen LogP contribution in [0.1, 0.15) is 71.1 Å². The first-order chi connectivity index (χ1) is 10.6. The molecule has 0 aromatic carbocycles. The highest BCUT2D eigenvalue weighted by Gasteiger charge is 2.05. The van der Waals surface area contributed by atoms with Crippen molar-refractivity contribution in [3.8, 4) is 0 Å². The van der Waals surface area contributed by atoms with Crippen LogP contribution in [0.25, 0.3) is 0 Å². The van der Waals surface area contributed by atoms with Crippen LogP contribution in [0.3, 0.4) is 0 Å². The Kier molecular flexibility index (Phi) is 13.6. The van der Waals surface area contributed by atoms with Crippen molar-refractivity contribution < 1.29 is 19.8 Å². The van der Waals surface area contributed by atoms with Gasteiger partial charge in [0, 0.05) is 0 Å². The van der Waals surface area contributed by atoms with Gasteiger partial charge < -0.3 is 10.2 Å². The van der Waals surface area contributed by atoms with Crippen molar-refractivity contribution in [2.24, 2.45) is 0 Å². The normalized spacial score (nSPS) is 13.0. The Hall–Kier alpha value is -1.42. The third-order valence-corrected chi connectivity index (χ3v) is 3.45. The number of rotatable bonds is 14. The smallest absolute Gasteiger partial charge is 0.376 e. The Morgan fingerprint density at radius 2 is 1.55 bits per heavy atom. The van der Waals surface area contributed by atoms with Gasteiger partial charge >= 0.3 is 5.97 Å². The van der Waals surface area contributed by atoms with E-state index < -0.39 is 11.8 Å². The number of carboxylic acids is 1. The molecule has 22 heavy (non-hydrogen) atoms. The van der Waals surface area contributed by atoms with Gasteiger partial charge in [0.2, 0.25) is 0 Å². The molecule has 4 nitrogen and oxygen atoms in total. The largest absolute Gasteiger partial charge is 0.475 e. The summed E-state index contributed by atoms with van der Waals surface area (Å²) in [6, 6.07) is 0. The maximum Gasteiger partial charge on any atom is 0.376 e. The van der Waals surface area contributed by atoms with E-state index in [-0.39, 0.29) is 6.10 Å². The lowest BCUT2D eigenvalue weighted by Crippen LogP contribution is -2.08. The van der Waals surface area contributed by atoms with Gasteiger partial charge in [0.25, 0.3) is 5.78 Å². The number of carboxylic acid groups (broad SMARTS) is 1. The fraction of sp³-hybridized carbons (Fsp3) is 0.667. The molecule has 1 atom stereocenters. The van der Waals surface area contributed by atoms with Crippen LogP contribution in [0.5, 0.6) is 0 Å². The predicted molar refractivity (Wildman–Crippen MR) is 88.8 cm³/mol. The van der Waals surface area contributed by atoms with Crippen LogP contribution >= 0.6 is 0 Å². The summed E-state index contributed by atoms with van der Waals surface area (Å²) in [6.45, 7) is 2.19. The van der Waals surface area contributed by atoms with Gasteiger partial charge in [-0.25, -0.2) is 4.79 Å². The van der Waals surface area contributed by atoms with Crippen LogP contribution in [-0.4, -0.2) is 28.1 Å². The summed E-state index contributed by atoms with van der Waals surface area (Å²) in [4.78, 5) is 21.0. The van der Waals surface area contributed by atoms with Gasteiger partial charge in [-0.05, 0) is 51.0 Å². The number of carbonyl (C=O) groups excluding carboxylic acids is 1. The summed E-state index contributed by atoms with van der Waals surface area (Å²) in [5.74, 6) is -2.31. The predicted octanol–water partition coefficient (Wildman–Crippen LogP) is 4.03. The van der Waals surface area contributed by atoms with Gasteiger partial charge in [-0.1, -0.05) is 44.4 Å². The molecule has 0 aromatic heterocycles. The molecule has 2 N–H and O–H groups in total. The molecule has 0 aliphatic heterocycles. The molecule has 0 saturated carbocycles. The van der Waals surface area contributed by atoms with Gasteiger partial charge in [-0.2, -0.15) is 0 Å². The van der Waals surface area contributed by atoms with E-state index in [0.29, 0.717) is 6.42 Å². The summed E-state index contributed by atoms with van der Waals surface area (Å²) in [5.41, 5.74) is 0. The Morgan fingerprint density at radius 3 is 2.23 bits per heavy atom. The third-order valence-electron chi connectivity index (χ3n) is 3.45. The topological polar surface area (TPSA) is 74.6 Å². The number of carbonyl (C=O) groups is 2. The molecule has 0 aliphatic carbocycles. The van der Waals surface area contributed by atoms with Crippen molar-refractivity contribution in [2.45, 2.75) is 77.2 Å². The van der Waals surface area contributed by atoms with Gasteiger partial charge in [0.15, 0.2) is 0 Å². The maximum absolute atomic E-state index is 10.8. The molecule has 0 fully saturated rings. The Balaban J connectivity index is 3.48. The zero-order valence-corrected chi connectivity index (χ0v) is 13.7. The maximum atomic E-state index is 10.8. The molecular formula is C18H30O4. The first kappa shape index (κ1) is 20.6. The average Bonchev–Trinajstić information content (AvgIpc) is 2.49. The van der Waals surface area contributed by atoms with Crippen LogP contribution in [0.15, 0.2) is 24.3 Å². The van der Waals surface area contributed by atoms with E-state index in [1.54, 1.807) is 6.08 Å². The summed E-state index contributed by atoms with van der Waals surface area (Å²) in [7, 11) is 0. The van der Waals surface area contributed by atoms with E-state index in [1.165, 1.54) is 19.3 Å². The molecule has 0 amide bonds. The standard InChI is InChI=1S/C18H30O4/c1-2-3-4-5-6-7-10-13-16(19)14-11-8-9-12-15-17(20)18(21)22/h6-7,12,15-16,19H,2-5,8-11,13-14H2,1H3,(H,21,22)/t16-/m1/s1. The lowest BCUT2D eigenvalue weighted by Gasteiger charge is -2.08. The van der Waals surface area contributed by atoms with Crippen LogP contribution in [0, 0.1) is 0 Å². The van der Waals surface area contributed by atoms with E-state index in [2.05, 4.69) is 19.1 Å². The molecule has 0 unspecified atom stereocenters. The minimum Gasteiger partial charge on any atom is -0.475 e. The fourth-order valence-electron chi connectivity index (χ4n) is 2.08. The van der Waals surface area contributed by atoms with Gasteiger partial charge in [-0.15, -0.1) is 0 Å². The second-order valence-corrected chi connectivity index (χ2v) is 5.55. The van der Waals surface area contributed by atoms with E-state index in [4.69, 9.17) is 5.11 Å². The highest BCUT2D eigenvalue weighted by molar-refractivity contribution is 6.37. The number of allylic oxidation sites excluding steroid dienone is 3. The SMILES string of the molecule is CCCCCC=CCC[C@@H](O)CCCCC=CC(=O)C(=O)O. The van der Waals surface area contributed by atoms with Crippen molar-refractivity contribution >= 4 is 11.8 Å². The molecular weight excluding hydrogens is 280 g/mol. The monoisotopic (exact) mass is 310 g/mol. The first-order valence-corrected chi connectivity index (χ1v) is 8.34. The highest BCUT2D eigenvalue weighted by atomic mass is 16.4. The zero-order valence-electron chi connectivity index (χ0n) is 13.7. The Bertz CT molecular complexity index is 358. The number of hydrogen-bond donors (Lipinski definition) is 2. The summed E-state index contributed by atoms with van der Waals surface area (Å²) in [5, 5.41) is 18.2. The summed E-state index contributed by atoms with van der Waals surface area (Å²) in [6.07, 6.45) is 16.5. The molecule has 0 spiro atoms. The van der Waals surface area contributed by atoms with Crippen molar-refractivity contribution in [1.82, 2.24) is 0 Å². The van der Waals surface area contributed by atoms with Crippen molar-refractivity contribution in [3.63, 3.8) is 0 Å². The lowest BCUT2D eigenvalue weighted by molar-refractivity contribution is -0.146. The summed E-state index contributed by atoms with van der Waals surface area (Å²) < 4.78 is 0. The number of aliphatic hydroxyl groups is 1. The molecule has 0 bridgehead atoms. The molecule has 4 heteroatoms. The van der Waals surface area contributed by atoms with Crippen molar-refractivity contribution in [1.29, 1.82) is 0 Å². The van der Waals surface area contributed by atoms with Gasteiger partial charge in [-0.3, -0.25) is 4.79 Å². The minimum atomic E-state index is -1.42. The van der Waals surface area contributed by atoms with Crippen LogP contribution in [-0.2, 0) is 9.59 Å². The molecule has 0 heterocycles. The van der Waals surface area contributed by atoms with Gasteiger partial charge in [0.05, 0.1) is 6.10 Å². The Morgan fingerprint density at radius 1 is 0.909 bits per heavy atom. The second kappa shape index (κ2) is 14.5. The molecule has 0 aromatic rings. The van der Waals surface area contributed by atoms with Gasteiger partial charge in [0.1, 0.15) is 0 Å². The average molecular weight is 310 g/mol. The van der Waals surface area contributed by atoms with Crippen molar-refractivity contribution in [2.75, 3.05) is 0 Å². The van der Waals surface area contributed by atoms with E-state index in [9.17, 15) is 14.7 Å². The minimum absolute atomic E-state index is 0.273. The number of unbranched alkanes of at least 4 members (excludes halogenated alkanes) is 5. The third kappa shape index (κ3) is 13.6. The number of hydrogen-bond acceptors (Lipinski definition) is 3. The van der Waals surface area contributed by atoms with Crippen molar-refractivity contribution in [3.05, 3.63) is 24.3 Å².